The third kappa shape index (κ3) is 1.67. The molecule has 0 saturated heterocycles. The van der Waals surface area contributed by atoms with Crippen LogP contribution in [-0.2, 0) is 4.74 Å². The van der Waals surface area contributed by atoms with Crippen molar-refractivity contribution in [1.82, 2.24) is 0 Å². The van der Waals surface area contributed by atoms with E-state index in [1.165, 1.54) is 16.7 Å². The zero-order chi connectivity index (χ0) is 14.7. The maximum Gasteiger partial charge on any atom is 0.335 e. The van der Waals surface area contributed by atoms with Gasteiger partial charge in [0, 0.05) is 0 Å². The first-order chi connectivity index (χ1) is 10.1. The van der Waals surface area contributed by atoms with Gasteiger partial charge >= 0.3 is 5.97 Å². The van der Waals surface area contributed by atoms with Gasteiger partial charge in [-0.25, -0.2) is 4.79 Å². The van der Waals surface area contributed by atoms with Crippen molar-refractivity contribution in [3.8, 4) is 0 Å². The van der Waals surface area contributed by atoms with Crippen molar-refractivity contribution in [3.05, 3.63) is 69.8 Å². The normalized spacial score (nSPS) is 21.5. The molecule has 2 heterocycles. The smallest absolute Gasteiger partial charge is 0.335 e. The number of ether oxygens (including phenoxy) is 1. The van der Waals surface area contributed by atoms with Gasteiger partial charge in [0.25, 0.3) is 0 Å². The van der Waals surface area contributed by atoms with Crippen molar-refractivity contribution in [1.29, 1.82) is 0 Å². The first kappa shape index (κ1) is 12.6. The van der Waals surface area contributed by atoms with E-state index in [2.05, 4.69) is 32.0 Å². The highest BCUT2D eigenvalue weighted by atomic mass is 16.5. The molecular formula is C18H16O3. The van der Waals surface area contributed by atoms with E-state index in [1.807, 2.05) is 6.07 Å². The Kier molecular flexibility index (Phi) is 2.51. The van der Waals surface area contributed by atoms with Crippen molar-refractivity contribution in [2.24, 2.45) is 0 Å². The van der Waals surface area contributed by atoms with Crippen LogP contribution in [0, 0.1) is 0 Å². The van der Waals surface area contributed by atoms with Crippen LogP contribution in [0.25, 0.3) is 0 Å². The maximum absolute atomic E-state index is 11.2. The van der Waals surface area contributed by atoms with Gasteiger partial charge in [0.1, 0.15) is 12.2 Å². The van der Waals surface area contributed by atoms with Gasteiger partial charge in [-0.05, 0) is 45.9 Å². The zero-order valence-corrected chi connectivity index (χ0v) is 12.0. The maximum atomic E-state index is 11.2. The lowest BCUT2D eigenvalue weighted by Crippen LogP contribution is -2.06. The Morgan fingerprint density at radius 3 is 2.29 bits per heavy atom. The molecule has 0 fully saturated rings. The highest BCUT2D eigenvalue weighted by Crippen LogP contribution is 2.54. The quantitative estimate of drug-likeness (QED) is 0.903. The standard InChI is InChI=1S/C18H16O3/c1-9(2)10-3-5-12-14(7-10)17-15-8-11(18(19)20)4-6-13(15)16(12)21-17/h3-9,16-17H,1-2H3,(H,19,20)/t16-,17+/m0/s1. The highest BCUT2D eigenvalue weighted by molar-refractivity contribution is 5.88. The van der Waals surface area contributed by atoms with Crippen LogP contribution in [0.5, 0.6) is 0 Å². The summed E-state index contributed by atoms with van der Waals surface area (Å²) < 4.78 is 6.09. The second kappa shape index (κ2) is 4.18. The third-order valence-electron chi connectivity index (χ3n) is 4.51. The van der Waals surface area contributed by atoms with E-state index >= 15 is 0 Å². The van der Waals surface area contributed by atoms with Gasteiger partial charge in [0.05, 0.1) is 5.56 Å². The summed E-state index contributed by atoms with van der Waals surface area (Å²) in [6.45, 7) is 4.35. The molecule has 21 heavy (non-hydrogen) atoms. The van der Waals surface area contributed by atoms with Gasteiger partial charge in [-0.3, -0.25) is 0 Å². The number of carboxylic acids is 1. The van der Waals surface area contributed by atoms with E-state index in [-0.39, 0.29) is 12.2 Å². The van der Waals surface area contributed by atoms with Crippen LogP contribution >= 0.6 is 0 Å². The lowest BCUT2D eigenvalue weighted by molar-refractivity contribution is 0.0696. The summed E-state index contributed by atoms with van der Waals surface area (Å²) in [7, 11) is 0. The van der Waals surface area contributed by atoms with Gasteiger partial charge in [0.15, 0.2) is 0 Å². The van der Waals surface area contributed by atoms with Crippen LogP contribution in [0.15, 0.2) is 36.4 Å². The van der Waals surface area contributed by atoms with Crippen LogP contribution in [0.2, 0.25) is 0 Å². The van der Waals surface area contributed by atoms with Crippen LogP contribution in [0.1, 0.15) is 70.1 Å². The van der Waals surface area contributed by atoms with Crippen molar-refractivity contribution < 1.29 is 14.6 Å². The number of benzene rings is 2. The molecule has 2 aliphatic rings. The number of carbonyl (C=O) groups is 1. The Hall–Kier alpha value is -2.13. The molecule has 0 aromatic heterocycles. The Balaban J connectivity index is 1.85. The van der Waals surface area contributed by atoms with Crippen LogP contribution in [0.3, 0.4) is 0 Å². The predicted molar refractivity (Wildman–Crippen MR) is 78.7 cm³/mol. The molecule has 0 unspecified atom stereocenters. The molecule has 3 heteroatoms. The van der Waals surface area contributed by atoms with Crippen molar-refractivity contribution in [3.63, 3.8) is 0 Å². The molecule has 2 bridgehead atoms. The van der Waals surface area contributed by atoms with Crippen LogP contribution in [0.4, 0.5) is 0 Å². The Bertz CT molecular complexity index is 761. The van der Waals surface area contributed by atoms with E-state index in [9.17, 15) is 4.79 Å². The topological polar surface area (TPSA) is 46.5 Å². The Morgan fingerprint density at radius 1 is 1.00 bits per heavy atom. The average molecular weight is 280 g/mol. The molecule has 3 nitrogen and oxygen atoms in total. The second-order valence-electron chi connectivity index (χ2n) is 6.09. The molecular weight excluding hydrogens is 264 g/mol. The highest BCUT2D eigenvalue weighted by Gasteiger charge is 2.42. The zero-order valence-electron chi connectivity index (χ0n) is 12.0. The minimum Gasteiger partial charge on any atom is -0.478 e. The molecule has 2 aromatic carbocycles. The number of rotatable bonds is 2. The van der Waals surface area contributed by atoms with E-state index < -0.39 is 5.97 Å². The Labute approximate surface area is 123 Å². The summed E-state index contributed by atoms with van der Waals surface area (Å²) in [5, 5.41) is 9.16. The molecule has 2 aromatic rings. The summed E-state index contributed by atoms with van der Waals surface area (Å²) >= 11 is 0. The lowest BCUT2D eigenvalue weighted by atomic mass is 9.83. The summed E-state index contributed by atoms with van der Waals surface area (Å²) in [5.74, 6) is -0.420. The fourth-order valence-electron chi connectivity index (χ4n) is 3.36. The lowest BCUT2D eigenvalue weighted by Gasteiger charge is -2.18. The molecule has 0 saturated carbocycles. The van der Waals surface area contributed by atoms with E-state index in [0.29, 0.717) is 11.5 Å². The summed E-state index contributed by atoms with van der Waals surface area (Å²) in [5.41, 5.74) is 6.15. The first-order valence-corrected chi connectivity index (χ1v) is 7.22. The van der Waals surface area contributed by atoms with Gasteiger partial charge in [0.2, 0.25) is 0 Å². The SMILES string of the molecule is CC(C)c1ccc2c(c1)[C@H]1O[C@@H]2c2ccc(C(=O)O)cc21. The van der Waals surface area contributed by atoms with Gasteiger partial charge in [-0.2, -0.15) is 0 Å². The summed E-state index contributed by atoms with van der Waals surface area (Å²) in [6, 6.07) is 11.8. The number of aromatic carboxylic acids is 1. The third-order valence-corrected chi connectivity index (χ3v) is 4.51. The van der Waals surface area contributed by atoms with Gasteiger partial charge in [-0.15, -0.1) is 0 Å². The number of hydrogen-bond donors (Lipinski definition) is 1. The van der Waals surface area contributed by atoms with Crippen molar-refractivity contribution in [2.45, 2.75) is 32.0 Å². The molecule has 0 aliphatic carbocycles. The van der Waals surface area contributed by atoms with Crippen molar-refractivity contribution in [2.75, 3.05) is 0 Å². The summed E-state index contributed by atoms with van der Waals surface area (Å²) in [6.07, 6.45) is -0.151. The van der Waals surface area contributed by atoms with Crippen molar-refractivity contribution >= 4 is 5.97 Å². The van der Waals surface area contributed by atoms with Crippen LogP contribution in [-0.4, -0.2) is 11.1 Å². The van der Waals surface area contributed by atoms with Crippen LogP contribution < -0.4 is 0 Å². The van der Waals surface area contributed by atoms with Gasteiger partial charge in [-0.1, -0.05) is 38.1 Å². The fraction of sp³-hybridized carbons (Fsp3) is 0.278. The molecule has 0 spiro atoms. The molecule has 2 aliphatic heterocycles. The molecule has 0 radical (unpaired) electrons. The minimum absolute atomic E-state index is 0.0379. The first-order valence-electron chi connectivity index (χ1n) is 7.22. The monoisotopic (exact) mass is 280 g/mol. The fourth-order valence-corrected chi connectivity index (χ4v) is 3.36. The second-order valence-corrected chi connectivity index (χ2v) is 6.09. The number of carboxylic acid groups (broad SMARTS) is 1. The summed E-state index contributed by atoms with van der Waals surface area (Å²) in [4.78, 5) is 11.2. The van der Waals surface area contributed by atoms with E-state index in [4.69, 9.17) is 9.84 Å². The minimum atomic E-state index is -0.892. The predicted octanol–water partition coefficient (Wildman–Crippen LogP) is 4.03. The molecule has 0 amide bonds. The number of fused-ring (bicyclic) bond motifs is 8. The average Bonchev–Trinajstić information content (AvgIpc) is 3.02. The largest absolute Gasteiger partial charge is 0.478 e. The molecule has 1 N–H and O–H groups in total. The molecule has 2 atom stereocenters. The molecule has 4 rings (SSSR count). The van der Waals surface area contributed by atoms with E-state index in [0.717, 1.165) is 11.1 Å². The van der Waals surface area contributed by atoms with Gasteiger partial charge < -0.3 is 9.84 Å². The van der Waals surface area contributed by atoms with E-state index in [1.54, 1.807) is 12.1 Å². The Morgan fingerprint density at radius 2 is 1.62 bits per heavy atom. The molecule has 106 valence electrons. The number of hydrogen-bond acceptors (Lipinski definition) is 2.